The number of fused-ring (bicyclic) bond motifs is 3. The van der Waals surface area contributed by atoms with Crippen molar-refractivity contribution in [1.82, 2.24) is 0 Å². The summed E-state index contributed by atoms with van der Waals surface area (Å²) in [6, 6.07) is 9.42. The quantitative estimate of drug-likeness (QED) is 0.816. The maximum atomic E-state index is 11.9. The lowest BCUT2D eigenvalue weighted by atomic mass is 10.1. The number of thiophene rings is 1. The zero-order valence-electron chi connectivity index (χ0n) is 11.3. The van der Waals surface area contributed by atoms with Crippen LogP contribution < -0.4 is 4.74 Å². The second-order valence-corrected chi connectivity index (χ2v) is 5.45. The Kier molecular flexibility index (Phi) is 3.62. The summed E-state index contributed by atoms with van der Waals surface area (Å²) in [5.41, 5.74) is 1.92. The van der Waals surface area contributed by atoms with Crippen molar-refractivity contribution in [3.05, 3.63) is 40.8 Å². The lowest BCUT2D eigenvalue weighted by Gasteiger charge is -2.16. The first-order valence-electron chi connectivity index (χ1n) is 6.28. The van der Waals surface area contributed by atoms with Crippen LogP contribution in [0.5, 0.6) is 5.75 Å². The topological polar surface area (TPSA) is 61.8 Å². The molecule has 1 aliphatic heterocycles. The molecule has 21 heavy (non-hydrogen) atoms. The molecule has 1 aromatic heterocycles. The van der Waals surface area contributed by atoms with Gasteiger partial charge in [-0.15, -0.1) is 11.3 Å². The molecule has 0 saturated carbocycles. The Hall–Kier alpha value is -2.34. The van der Waals surface area contributed by atoms with E-state index in [1.54, 1.807) is 6.07 Å². The smallest absolute Gasteiger partial charge is 0.348 e. The summed E-state index contributed by atoms with van der Waals surface area (Å²) in [6.45, 7) is 0.0398. The van der Waals surface area contributed by atoms with Crippen LogP contribution in [0.3, 0.4) is 0 Å². The van der Waals surface area contributed by atoms with Crippen molar-refractivity contribution < 1.29 is 23.8 Å². The number of carbonyl (C=O) groups is 2. The van der Waals surface area contributed by atoms with E-state index >= 15 is 0 Å². The van der Waals surface area contributed by atoms with Gasteiger partial charge in [0.2, 0.25) is 0 Å². The minimum absolute atomic E-state index is 0.384. The van der Waals surface area contributed by atoms with E-state index in [-0.39, 0.29) is 6.61 Å². The fourth-order valence-electron chi connectivity index (χ4n) is 2.05. The van der Waals surface area contributed by atoms with Gasteiger partial charge in [-0.2, -0.15) is 0 Å². The molecule has 1 aromatic carbocycles. The molecule has 108 valence electrons. The van der Waals surface area contributed by atoms with E-state index in [2.05, 4.69) is 4.74 Å². The molecule has 0 amide bonds. The van der Waals surface area contributed by atoms with Gasteiger partial charge in [0, 0.05) is 16.0 Å². The average Bonchev–Trinajstić information content (AvgIpc) is 2.96. The lowest BCUT2D eigenvalue weighted by molar-refractivity contribution is -0.144. The predicted octanol–water partition coefficient (Wildman–Crippen LogP) is 2.64. The fraction of sp³-hybridized carbons (Fsp3) is 0.200. The highest BCUT2D eigenvalue weighted by molar-refractivity contribution is 7.17. The number of esters is 2. The minimum atomic E-state index is -0.585. The second-order valence-electron chi connectivity index (χ2n) is 4.40. The summed E-state index contributed by atoms with van der Waals surface area (Å²) < 4.78 is 15.0. The van der Waals surface area contributed by atoms with E-state index in [1.165, 1.54) is 18.4 Å². The van der Waals surface area contributed by atoms with E-state index in [1.807, 2.05) is 24.3 Å². The van der Waals surface area contributed by atoms with Crippen LogP contribution in [0.25, 0.3) is 10.4 Å². The highest BCUT2D eigenvalue weighted by atomic mass is 32.1. The molecule has 0 N–H and O–H groups in total. The van der Waals surface area contributed by atoms with Gasteiger partial charge in [-0.25, -0.2) is 9.59 Å². The molecular formula is C15H12O5S. The molecule has 0 fully saturated rings. The molecule has 0 aliphatic carbocycles. The number of rotatable bonds is 3. The summed E-state index contributed by atoms with van der Waals surface area (Å²) in [5.74, 6) is -0.308. The van der Waals surface area contributed by atoms with Crippen LogP contribution in [0.2, 0.25) is 0 Å². The van der Waals surface area contributed by atoms with Gasteiger partial charge in [-0.3, -0.25) is 0 Å². The first kappa shape index (κ1) is 13.6. The van der Waals surface area contributed by atoms with Crippen LogP contribution in [-0.2, 0) is 20.9 Å². The molecule has 0 radical (unpaired) electrons. The van der Waals surface area contributed by atoms with Crippen LogP contribution in [0.15, 0.2) is 30.3 Å². The molecule has 0 spiro atoms. The van der Waals surface area contributed by atoms with Gasteiger partial charge in [0.1, 0.15) is 17.2 Å². The van der Waals surface area contributed by atoms with Crippen molar-refractivity contribution in [2.24, 2.45) is 0 Å². The molecule has 2 aromatic rings. The molecule has 1 aliphatic rings. The van der Waals surface area contributed by atoms with E-state index in [0.29, 0.717) is 11.5 Å². The van der Waals surface area contributed by atoms with Crippen molar-refractivity contribution in [3.63, 3.8) is 0 Å². The van der Waals surface area contributed by atoms with E-state index in [0.717, 1.165) is 21.8 Å². The number of para-hydroxylation sites is 1. The Morgan fingerprint density at radius 2 is 2.14 bits per heavy atom. The minimum Gasteiger partial charge on any atom is -0.488 e. The first-order chi connectivity index (χ1) is 10.2. The predicted molar refractivity (Wildman–Crippen MR) is 76.4 cm³/mol. The average molecular weight is 304 g/mol. The summed E-state index contributed by atoms with van der Waals surface area (Å²) in [6.07, 6.45) is 0. The van der Waals surface area contributed by atoms with E-state index in [9.17, 15) is 9.59 Å². The van der Waals surface area contributed by atoms with Gasteiger partial charge in [-0.1, -0.05) is 12.1 Å². The van der Waals surface area contributed by atoms with Crippen molar-refractivity contribution in [2.75, 3.05) is 13.7 Å². The molecule has 0 unspecified atom stereocenters. The molecule has 0 bridgehead atoms. The molecule has 3 rings (SSSR count). The first-order valence-corrected chi connectivity index (χ1v) is 7.09. The molecule has 5 nitrogen and oxygen atoms in total. The maximum absolute atomic E-state index is 11.9. The Bertz CT molecular complexity index is 704. The highest BCUT2D eigenvalue weighted by Crippen LogP contribution is 2.42. The molecule has 0 saturated heterocycles. The van der Waals surface area contributed by atoms with E-state index < -0.39 is 11.9 Å². The number of carbonyl (C=O) groups excluding carboxylic acids is 2. The van der Waals surface area contributed by atoms with Gasteiger partial charge >= 0.3 is 11.9 Å². The summed E-state index contributed by atoms with van der Waals surface area (Å²) in [7, 11) is 1.24. The summed E-state index contributed by atoms with van der Waals surface area (Å²) in [4.78, 5) is 24.4. The van der Waals surface area contributed by atoms with Crippen LogP contribution in [-0.4, -0.2) is 25.7 Å². The normalized spacial score (nSPS) is 11.9. The number of hydrogen-bond donors (Lipinski definition) is 0. The highest BCUT2D eigenvalue weighted by Gasteiger charge is 2.23. The standard InChI is InChI=1S/C15H12O5S/c1-18-13(16)8-20-15(17)12-6-9-7-19-11-5-3-2-4-10(11)14(9)21-12/h2-6H,7-8H2,1H3. The number of ether oxygens (including phenoxy) is 3. The van der Waals surface area contributed by atoms with E-state index in [4.69, 9.17) is 9.47 Å². The zero-order chi connectivity index (χ0) is 14.8. The fourth-order valence-corrected chi connectivity index (χ4v) is 3.15. The Labute approximate surface area is 125 Å². The molecule has 6 heteroatoms. The van der Waals surface area contributed by atoms with Gasteiger partial charge in [0.15, 0.2) is 6.61 Å². The Balaban J connectivity index is 1.84. The van der Waals surface area contributed by atoms with Crippen molar-refractivity contribution in [2.45, 2.75) is 6.61 Å². The Morgan fingerprint density at radius 1 is 1.33 bits per heavy atom. The van der Waals surface area contributed by atoms with Gasteiger partial charge < -0.3 is 14.2 Å². The van der Waals surface area contributed by atoms with Crippen LogP contribution in [0.4, 0.5) is 0 Å². The number of benzene rings is 1. The lowest BCUT2D eigenvalue weighted by Crippen LogP contribution is -2.14. The SMILES string of the molecule is COC(=O)COC(=O)c1cc2c(s1)-c1ccccc1OC2. The molecule has 2 heterocycles. The summed E-state index contributed by atoms with van der Waals surface area (Å²) in [5, 5.41) is 0. The van der Waals surface area contributed by atoms with Crippen LogP contribution >= 0.6 is 11.3 Å². The number of methoxy groups -OCH3 is 1. The molecule has 0 atom stereocenters. The van der Waals surface area contributed by atoms with Gasteiger partial charge in [0.25, 0.3) is 0 Å². The third-order valence-electron chi connectivity index (χ3n) is 3.07. The van der Waals surface area contributed by atoms with Crippen LogP contribution in [0.1, 0.15) is 15.2 Å². The largest absolute Gasteiger partial charge is 0.488 e. The van der Waals surface area contributed by atoms with Gasteiger partial charge in [-0.05, 0) is 18.2 Å². The number of hydrogen-bond acceptors (Lipinski definition) is 6. The molecular weight excluding hydrogens is 292 g/mol. The zero-order valence-corrected chi connectivity index (χ0v) is 12.1. The Morgan fingerprint density at radius 3 is 2.95 bits per heavy atom. The summed E-state index contributed by atoms with van der Waals surface area (Å²) >= 11 is 1.34. The maximum Gasteiger partial charge on any atom is 0.348 e. The van der Waals surface area contributed by atoms with Crippen molar-refractivity contribution in [3.8, 4) is 16.2 Å². The van der Waals surface area contributed by atoms with Crippen molar-refractivity contribution in [1.29, 1.82) is 0 Å². The van der Waals surface area contributed by atoms with Gasteiger partial charge in [0.05, 0.1) is 7.11 Å². The van der Waals surface area contributed by atoms with Crippen molar-refractivity contribution >= 4 is 23.3 Å². The monoisotopic (exact) mass is 304 g/mol. The second kappa shape index (κ2) is 5.57. The third-order valence-corrected chi connectivity index (χ3v) is 4.26. The van der Waals surface area contributed by atoms with Crippen LogP contribution in [0, 0.1) is 0 Å². The third kappa shape index (κ3) is 2.62.